The van der Waals surface area contributed by atoms with E-state index in [0.717, 1.165) is 25.5 Å². The maximum absolute atomic E-state index is 10.5. The summed E-state index contributed by atoms with van der Waals surface area (Å²) in [6.07, 6.45) is 28.6. The number of allylic oxidation sites excluding steroid dienone is 7. The van der Waals surface area contributed by atoms with E-state index in [4.69, 9.17) is 19.6 Å². The summed E-state index contributed by atoms with van der Waals surface area (Å²) in [7, 11) is -8.73. The molecule has 0 heterocycles. The summed E-state index contributed by atoms with van der Waals surface area (Å²) in [5, 5.41) is 0. The van der Waals surface area contributed by atoms with Gasteiger partial charge in [-0.25, -0.2) is 9.13 Å². The van der Waals surface area contributed by atoms with Crippen molar-refractivity contribution in [2.75, 3.05) is 6.61 Å². The Kier molecular flexibility index (Phi) is 20.0. The van der Waals surface area contributed by atoms with Gasteiger partial charge in [0.05, 0.1) is 12.9 Å². The second-order valence-electron chi connectivity index (χ2n) is 7.48. The summed E-state index contributed by atoms with van der Waals surface area (Å²) in [5.41, 5.74) is 0. The van der Waals surface area contributed by atoms with E-state index in [9.17, 15) is 9.13 Å². The van der Waals surface area contributed by atoms with E-state index in [1.54, 1.807) is 12.2 Å². The molecule has 0 rings (SSSR count). The predicted molar refractivity (Wildman–Crippen MR) is 128 cm³/mol. The Bertz CT molecular complexity index is 646. The molecular formula is C22H40O8P2. The molecule has 0 radical (unpaired) electrons. The van der Waals surface area contributed by atoms with Crippen molar-refractivity contribution in [1.82, 2.24) is 0 Å². The van der Waals surface area contributed by atoms with Crippen molar-refractivity contribution in [3.05, 3.63) is 48.8 Å². The first-order chi connectivity index (χ1) is 15.2. The summed E-state index contributed by atoms with van der Waals surface area (Å²) >= 11 is 0. The largest absolute Gasteiger partial charge is 0.524 e. The summed E-state index contributed by atoms with van der Waals surface area (Å²) in [5.74, 6) is 0. The van der Waals surface area contributed by atoms with E-state index in [0.29, 0.717) is 6.42 Å². The standard InChI is InChI=1S/C22H40O8P2/c23-31(24,25)29-21-19-17-15-13-11-9-7-5-3-1-2-4-6-8-10-12-14-16-18-20-22-30-32(26,27)28/h7,9,11,13,15,17,19,21H,1-6,8,10,12,14,16,18,20,22H2,(H2,23,24,25)(H2,26,27,28)/b9-7+,13-11+,17-15+,21-19+. The average Bonchev–Trinajstić information content (AvgIpc) is 2.69. The molecule has 0 unspecified atom stereocenters. The van der Waals surface area contributed by atoms with E-state index in [1.165, 1.54) is 63.9 Å². The fourth-order valence-electron chi connectivity index (χ4n) is 2.91. The fraction of sp³-hybridized carbons (Fsp3) is 0.636. The molecule has 0 aliphatic rings. The third-order valence-electron chi connectivity index (χ3n) is 4.49. The molecule has 186 valence electrons. The molecule has 10 heteroatoms. The first-order valence-electron chi connectivity index (χ1n) is 11.3. The number of rotatable bonds is 21. The number of phosphoric acid groups is 2. The quantitative estimate of drug-likeness (QED) is 0.0618. The van der Waals surface area contributed by atoms with Gasteiger partial charge in [0.15, 0.2) is 0 Å². The van der Waals surface area contributed by atoms with E-state index in [1.807, 2.05) is 18.2 Å². The Labute approximate surface area is 192 Å². The maximum Gasteiger partial charge on any atom is 0.524 e. The molecule has 0 aromatic heterocycles. The van der Waals surface area contributed by atoms with Gasteiger partial charge in [0, 0.05) is 0 Å². The average molecular weight is 495 g/mol. The lowest BCUT2D eigenvalue weighted by Gasteiger charge is -2.05. The summed E-state index contributed by atoms with van der Waals surface area (Å²) in [4.78, 5) is 34.1. The number of hydrogen-bond acceptors (Lipinski definition) is 4. The van der Waals surface area contributed by atoms with Crippen LogP contribution in [0.5, 0.6) is 0 Å². The topological polar surface area (TPSA) is 134 Å². The van der Waals surface area contributed by atoms with Gasteiger partial charge in [-0.05, 0) is 25.3 Å². The van der Waals surface area contributed by atoms with Crippen LogP contribution in [0.15, 0.2) is 48.8 Å². The minimum absolute atomic E-state index is 0.133. The van der Waals surface area contributed by atoms with Gasteiger partial charge in [0.2, 0.25) is 0 Å². The van der Waals surface area contributed by atoms with E-state index < -0.39 is 15.6 Å². The van der Waals surface area contributed by atoms with Gasteiger partial charge in [0.1, 0.15) is 0 Å². The third kappa shape index (κ3) is 29.0. The second-order valence-corrected chi connectivity index (χ2v) is 9.91. The van der Waals surface area contributed by atoms with E-state index in [2.05, 4.69) is 15.1 Å². The smallest absolute Gasteiger partial charge is 0.412 e. The minimum Gasteiger partial charge on any atom is -0.412 e. The van der Waals surface area contributed by atoms with Crippen molar-refractivity contribution < 1.29 is 37.8 Å². The van der Waals surface area contributed by atoms with Crippen molar-refractivity contribution in [2.24, 2.45) is 0 Å². The summed E-state index contributed by atoms with van der Waals surface area (Å²) in [6, 6.07) is 0. The molecule has 0 saturated carbocycles. The van der Waals surface area contributed by atoms with Crippen LogP contribution in [0.3, 0.4) is 0 Å². The summed E-state index contributed by atoms with van der Waals surface area (Å²) in [6.45, 7) is 0.133. The molecule has 0 atom stereocenters. The monoisotopic (exact) mass is 494 g/mol. The maximum atomic E-state index is 10.5. The van der Waals surface area contributed by atoms with Gasteiger partial charge in [0.25, 0.3) is 0 Å². The van der Waals surface area contributed by atoms with Crippen molar-refractivity contribution in [1.29, 1.82) is 0 Å². The van der Waals surface area contributed by atoms with Crippen LogP contribution >= 0.6 is 15.6 Å². The number of hydrogen-bond donors (Lipinski definition) is 4. The normalized spacial score (nSPS) is 13.4. The molecule has 0 bridgehead atoms. The minimum atomic E-state index is -4.44. The Morgan fingerprint density at radius 3 is 1.47 bits per heavy atom. The highest BCUT2D eigenvalue weighted by atomic mass is 31.2. The van der Waals surface area contributed by atoms with Crippen molar-refractivity contribution in [3.63, 3.8) is 0 Å². The highest BCUT2D eigenvalue weighted by molar-refractivity contribution is 7.46. The molecule has 0 spiro atoms. The fourth-order valence-corrected chi connectivity index (χ4v) is 3.50. The SMILES string of the molecule is O=P(O)(O)O/C=C/C=C/C=C/C=C/CCCCCCCCCCCCCCOP(=O)(O)O. The second kappa shape index (κ2) is 20.6. The Balaban J connectivity index is 3.33. The highest BCUT2D eigenvalue weighted by Gasteiger charge is 2.12. The van der Waals surface area contributed by atoms with Crippen LogP contribution in [0.25, 0.3) is 0 Å². The molecule has 32 heavy (non-hydrogen) atoms. The zero-order valence-corrected chi connectivity index (χ0v) is 20.6. The van der Waals surface area contributed by atoms with Gasteiger partial charge < -0.3 is 14.3 Å². The molecule has 0 aromatic carbocycles. The lowest BCUT2D eigenvalue weighted by Crippen LogP contribution is -1.92. The molecule has 0 saturated heterocycles. The molecule has 4 N–H and O–H groups in total. The third-order valence-corrected chi connectivity index (χ3v) is 5.41. The van der Waals surface area contributed by atoms with Gasteiger partial charge in [-0.3, -0.25) is 14.3 Å². The highest BCUT2D eigenvalue weighted by Crippen LogP contribution is 2.36. The van der Waals surface area contributed by atoms with Gasteiger partial charge >= 0.3 is 15.6 Å². The van der Waals surface area contributed by atoms with Crippen molar-refractivity contribution in [3.8, 4) is 0 Å². The molecule has 0 aliphatic heterocycles. The Hall–Kier alpha value is -0.980. The first-order valence-corrected chi connectivity index (χ1v) is 14.4. The summed E-state index contributed by atoms with van der Waals surface area (Å²) < 4.78 is 29.5. The molecule has 0 aliphatic carbocycles. The van der Waals surface area contributed by atoms with E-state index in [-0.39, 0.29) is 6.61 Å². The van der Waals surface area contributed by atoms with Gasteiger partial charge in [-0.15, -0.1) is 0 Å². The van der Waals surface area contributed by atoms with Crippen LogP contribution in [-0.4, -0.2) is 26.2 Å². The molecule has 0 fully saturated rings. The van der Waals surface area contributed by atoms with Crippen LogP contribution in [-0.2, 0) is 18.2 Å². The first kappa shape index (κ1) is 31.0. The van der Waals surface area contributed by atoms with Crippen molar-refractivity contribution >= 4 is 15.6 Å². The van der Waals surface area contributed by atoms with Crippen molar-refractivity contribution in [2.45, 2.75) is 83.5 Å². The lowest BCUT2D eigenvalue weighted by molar-refractivity contribution is 0.193. The zero-order valence-electron chi connectivity index (χ0n) is 18.8. The molecule has 0 amide bonds. The Morgan fingerprint density at radius 2 is 0.969 bits per heavy atom. The molecular weight excluding hydrogens is 454 g/mol. The van der Waals surface area contributed by atoms with Crippen LogP contribution in [0, 0.1) is 0 Å². The zero-order chi connectivity index (χ0) is 24.0. The van der Waals surface area contributed by atoms with Gasteiger partial charge in [-0.2, -0.15) is 0 Å². The molecule has 0 aromatic rings. The predicted octanol–water partition coefficient (Wildman–Crippen LogP) is 6.46. The number of phosphoric ester groups is 2. The van der Waals surface area contributed by atoms with Crippen LogP contribution in [0.4, 0.5) is 0 Å². The Morgan fingerprint density at radius 1 is 0.531 bits per heavy atom. The van der Waals surface area contributed by atoms with E-state index >= 15 is 0 Å². The van der Waals surface area contributed by atoms with Gasteiger partial charge in [-0.1, -0.05) is 101 Å². The molecule has 8 nitrogen and oxygen atoms in total. The van der Waals surface area contributed by atoms with Crippen LogP contribution in [0.2, 0.25) is 0 Å². The van der Waals surface area contributed by atoms with Crippen LogP contribution in [0.1, 0.15) is 83.5 Å². The van der Waals surface area contributed by atoms with Crippen LogP contribution < -0.4 is 0 Å². The number of unbranched alkanes of at least 4 members (excludes halogenated alkanes) is 12. The lowest BCUT2D eigenvalue weighted by atomic mass is 10.0.